The van der Waals surface area contributed by atoms with Crippen LogP contribution >= 0.6 is 0 Å². The minimum Gasteiger partial charge on any atom is -0.481 e. The number of aromatic amines is 1. The third-order valence-electron chi connectivity index (χ3n) is 4.34. The number of para-hydroxylation sites is 1. The van der Waals surface area contributed by atoms with E-state index >= 15 is 0 Å². The molecule has 2 aromatic carbocycles. The fourth-order valence-electron chi connectivity index (χ4n) is 3.24. The van der Waals surface area contributed by atoms with Gasteiger partial charge in [-0.1, -0.05) is 18.2 Å². The molecule has 1 unspecified atom stereocenters. The Morgan fingerprint density at radius 3 is 2.67 bits per heavy atom. The van der Waals surface area contributed by atoms with Crippen molar-refractivity contribution in [1.29, 1.82) is 0 Å². The molecule has 0 aliphatic carbocycles. The second-order valence-electron chi connectivity index (χ2n) is 5.75. The lowest BCUT2D eigenvalue weighted by atomic mass is 9.91. The van der Waals surface area contributed by atoms with E-state index in [1.165, 1.54) is 23.1 Å². The van der Waals surface area contributed by atoms with Crippen LogP contribution in [0.1, 0.15) is 22.0 Å². The van der Waals surface area contributed by atoms with Crippen molar-refractivity contribution in [2.24, 2.45) is 0 Å². The van der Waals surface area contributed by atoms with Crippen LogP contribution in [-0.4, -0.2) is 28.5 Å². The highest BCUT2D eigenvalue weighted by atomic mass is 19.1. The van der Waals surface area contributed by atoms with E-state index in [-0.39, 0.29) is 18.1 Å². The first-order valence-corrected chi connectivity index (χ1v) is 7.47. The second-order valence-corrected chi connectivity index (χ2v) is 5.75. The number of rotatable bonds is 2. The number of carboxylic acids is 1. The van der Waals surface area contributed by atoms with Gasteiger partial charge in [0.1, 0.15) is 17.4 Å². The van der Waals surface area contributed by atoms with Gasteiger partial charge in [0, 0.05) is 28.7 Å². The summed E-state index contributed by atoms with van der Waals surface area (Å²) in [7, 11) is 0. The van der Waals surface area contributed by atoms with Crippen molar-refractivity contribution in [3.8, 4) is 0 Å². The number of carboxylic acid groups (broad SMARTS) is 1. The fraction of sp³-hybridized carbons (Fsp3) is 0.111. The Bertz CT molecular complexity index is 965. The predicted molar refractivity (Wildman–Crippen MR) is 86.8 cm³/mol. The number of carbonyl (C=O) groups excluding carboxylic acids is 1. The first-order valence-electron chi connectivity index (χ1n) is 7.47. The molecule has 4 rings (SSSR count). The van der Waals surface area contributed by atoms with Gasteiger partial charge in [-0.25, -0.2) is 4.39 Å². The third-order valence-corrected chi connectivity index (χ3v) is 4.34. The van der Waals surface area contributed by atoms with Crippen LogP contribution in [0.2, 0.25) is 0 Å². The molecule has 2 N–H and O–H groups in total. The van der Waals surface area contributed by atoms with Gasteiger partial charge < -0.3 is 15.0 Å². The number of anilines is 1. The minimum atomic E-state index is -1.05. The van der Waals surface area contributed by atoms with Gasteiger partial charge in [0.15, 0.2) is 0 Å². The molecule has 0 saturated heterocycles. The monoisotopic (exact) mass is 324 g/mol. The zero-order valence-corrected chi connectivity index (χ0v) is 12.5. The summed E-state index contributed by atoms with van der Waals surface area (Å²) in [5.74, 6) is -2.75. The molecular formula is C18H13FN2O3. The number of nitrogens with one attached hydrogen (secondary N) is 1. The topological polar surface area (TPSA) is 73.4 Å². The molecule has 0 radical (unpaired) electrons. The summed E-state index contributed by atoms with van der Waals surface area (Å²) >= 11 is 0. The second kappa shape index (κ2) is 5.19. The van der Waals surface area contributed by atoms with Crippen molar-refractivity contribution in [2.75, 3.05) is 11.4 Å². The van der Waals surface area contributed by atoms with Crippen molar-refractivity contribution in [3.63, 3.8) is 0 Å². The van der Waals surface area contributed by atoms with Crippen LogP contribution in [0.4, 0.5) is 10.1 Å². The number of hydrogen-bond acceptors (Lipinski definition) is 2. The smallest absolute Gasteiger partial charge is 0.312 e. The van der Waals surface area contributed by atoms with Gasteiger partial charge >= 0.3 is 5.97 Å². The largest absolute Gasteiger partial charge is 0.481 e. The number of fused-ring (bicyclic) bond motifs is 3. The maximum atomic E-state index is 13.6. The highest BCUT2D eigenvalue weighted by Crippen LogP contribution is 2.36. The Balaban J connectivity index is 1.94. The summed E-state index contributed by atoms with van der Waals surface area (Å²) in [5.41, 5.74) is 1.74. The summed E-state index contributed by atoms with van der Waals surface area (Å²) in [6.07, 6.45) is 0. The molecule has 0 spiro atoms. The van der Waals surface area contributed by atoms with Crippen LogP contribution in [0.15, 0.2) is 48.5 Å². The van der Waals surface area contributed by atoms with E-state index in [1.54, 1.807) is 24.3 Å². The number of hydrogen-bond donors (Lipinski definition) is 2. The van der Waals surface area contributed by atoms with Crippen LogP contribution < -0.4 is 4.90 Å². The fourth-order valence-corrected chi connectivity index (χ4v) is 3.24. The quantitative estimate of drug-likeness (QED) is 0.760. The lowest BCUT2D eigenvalue weighted by Gasteiger charge is -2.30. The molecule has 1 aliphatic heterocycles. The number of carbonyl (C=O) groups is 2. The highest BCUT2D eigenvalue weighted by Gasteiger charge is 2.38. The van der Waals surface area contributed by atoms with Gasteiger partial charge in [0.2, 0.25) is 0 Å². The molecule has 5 nitrogen and oxygen atoms in total. The summed E-state index contributed by atoms with van der Waals surface area (Å²) in [4.78, 5) is 29.0. The van der Waals surface area contributed by atoms with Gasteiger partial charge in [-0.15, -0.1) is 0 Å². The lowest BCUT2D eigenvalue weighted by molar-refractivity contribution is -0.138. The summed E-state index contributed by atoms with van der Waals surface area (Å²) in [5, 5.41) is 10.1. The van der Waals surface area contributed by atoms with E-state index in [9.17, 15) is 19.1 Å². The van der Waals surface area contributed by atoms with E-state index in [0.29, 0.717) is 22.2 Å². The van der Waals surface area contributed by atoms with Gasteiger partial charge in [-0.3, -0.25) is 9.59 Å². The number of H-pyrrole nitrogens is 1. The van der Waals surface area contributed by atoms with Crippen LogP contribution in [0.5, 0.6) is 0 Å². The Hall–Kier alpha value is -3.15. The SMILES string of the molecule is O=C(O)C1CN(c2ccccc2)C(=O)c2[nH]c3ccc(F)cc3c21. The number of nitrogens with zero attached hydrogens (tertiary/aromatic N) is 1. The average molecular weight is 324 g/mol. The number of aliphatic carboxylic acids is 1. The number of aromatic nitrogens is 1. The first kappa shape index (κ1) is 14.4. The summed E-state index contributed by atoms with van der Waals surface area (Å²) in [6, 6.07) is 13.0. The van der Waals surface area contributed by atoms with Gasteiger partial charge in [0.25, 0.3) is 5.91 Å². The number of benzene rings is 2. The molecule has 1 aliphatic rings. The van der Waals surface area contributed by atoms with Crippen LogP contribution in [-0.2, 0) is 4.79 Å². The Morgan fingerprint density at radius 2 is 1.96 bits per heavy atom. The van der Waals surface area contributed by atoms with Crippen molar-refractivity contribution >= 4 is 28.5 Å². The molecule has 1 amide bonds. The lowest BCUT2D eigenvalue weighted by Crippen LogP contribution is -2.42. The van der Waals surface area contributed by atoms with Gasteiger partial charge in [0.05, 0.1) is 0 Å². The molecule has 24 heavy (non-hydrogen) atoms. The molecule has 2 heterocycles. The molecule has 0 saturated carbocycles. The Morgan fingerprint density at radius 1 is 1.21 bits per heavy atom. The van der Waals surface area contributed by atoms with Crippen molar-refractivity contribution in [3.05, 3.63) is 65.6 Å². The van der Waals surface area contributed by atoms with Crippen molar-refractivity contribution in [2.45, 2.75) is 5.92 Å². The summed E-state index contributed by atoms with van der Waals surface area (Å²) < 4.78 is 13.6. The van der Waals surface area contributed by atoms with E-state index < -0.39 is 17.7 Å². The predicted octanol–water partition coefficient (Wildman–Crippen LogP) is 3.14. The third kappa shape index (κ3) is 2.07. The number of amides is 1. The average Bonchev–Trinajstić information content (AvgIpc) is 2.95. The Kier molecular flexibility index (Phi) is 3.13. The molecule has 0 fully saturated rings. The van der Waals surface area contributed by atoms with E-state index in [0.717, 1.165) is 0 Å². The first-order chi connectivity index (χ1) is 11.6. The normalized spacial score (nSPS) is 17.1. The van der Waals surface area contributed by atoms with Crippen molar-refractivity contribution in [1.82, 2.24) is 4.98 Å². The molecule has 120 valence electrons. The van der Waals surface area contributed by atoms with E-state index in [2.05, 4.69) is 4.98 Å². The Labute approximate surface area is 136 Å². The van der Waals surface area contributed by atoms with E-state index in [4.69, 9.17) is 0 Å². The standard InChI is InChI=1S/C18H13FN2O3/c19-10-6-7-14-12(8-10)15-13(18(23)24)9-21(17(22)16(15)20-14)11-4-2-1-3-5-11/h1-8,13,20H,9H2,(H,23,24). The van der Waals surface area contributed by atoms with Crippen molar-refractivity contribution < 1.29 is 19.1 Å². The molecular weight excluding hydrogens is 311 g/mol. The maximum absolute atomic E-state index is 13.6. The van der Waals surface area contributed by atoms with Crippen LogP contribution in [0.25, 0.3) is 10.9 Å². The molecule has 0 bridgehead atoms. The zero-order valence-electron chi connectivity index (χ0n) is 12.5. The maximum Gasteiger partial charge on any atom is 0.312 e. The molecule has 1 aromatic heterocycles. The summed E-state index contributed by atoms with van der Waals surface area (Å²) in [6.45, 7) is 0.00858. The molecule has 3 aromatic rings. The van der Waals surface area contributed by atoms with Crippen LogP contribution in [0, 0.1) is 5.82 Å². The highest BCUT2D eigenvalue weighted by molar-refractivity contribution is 6.13. The molecule has 1 atom stereocenters. The van der Waals surface area contributed by atoms with Gasteiger partial charge in [-0.05, 0) is 30.3 Å². The van der Waals surface area contributed by atoms with Crippen LogP contribution in [0.3, 0.4) is 0 Å². The minimum absolute atomic E-state index is 0.00858. The van der Waals surface area contributed by atoms with Gasteiger partial charge in [-0.2, -0.15) is 0 Å². The zero-order chi connectivity index (χ0) is 16.8. The van der Waals surface area contributed by atoms with E-state index in [1.807, 2.05) is 6.07 Å². The number of halogens is 1. The molecule has 6 heteroatoms.